The molecule has 0 aliphatic carbocycles. The fourth-order valence-corrected chi connectivity index (χ4v) is 1.25. The maximum Gasteiger partial charge on any atom is 2.00 e. The zero-order chi connectivity index (χ0) is 14.2. The molecule has 0 aromatic rings. The first kappa shape index (κ1) is 24.7. The van der Waals surface area contributed by atoms with E-state index in [1.807, 2.05) is 0 Å². The summed E-state index contributed by atoms with van der Waals surface area (Å²) in [6.07, 6.45) is 5.56. The molecule has 6 N–H and O–H groups in total. The average molecular weight is 386 g/mol. The maximum absolute atomic E-state index is 4.66. The van der Waals surface area contributed by atoms with Gasteiger partial charge in [0.25, 0.3) is 0 Å². The molecule has 0 unspecified atom stereocenters. The Hall–Kier alpha value is 0.646. The second-order valence-electron chi connectivity index (χ2n) is 3.55. The summed E-state index contributed by atoms with van der Waals surface area (Å²) < 4.78 is 0.167. The molecule has 19 heavy (non-hydrogen) atoms. The Labute approximate surface area is 148 Å². The van der Waals surface area contributed by atoms with Crippen molar-refractivity contribution in [3.05, 3.63) is 0 Å². The molecule has 0 saturated carbocycles. The summed E-state index contributed by atoms with van der Waals surface area (Å²) in [5.74, 6) is 0. The molecule has 0 amide bonds. The van der Waals surface area contributed by atoms with Gasteiger partial charge in [0.05, 0.1) is 0 Å². The van der Waals surface area contributed by atoms with Crippen LogP contribution in [0.25, 0.3) is 0 Å². The van der Waals surface area contributed by atoms with Crippen molar-refractivity contribution in [2.24, 2.45) is 11.5 Å². The van der Waals surface area contributed by atoms with Gasteiger partial charge >= 0.3 is 16.8 Å². The van der Waals surface area contributed by atoms with Crippen molar-refractivity contribution in [2.75, 3.05) is 26.2 Å². The third kappa shape index (κ3) is 45.6. The van der Waals surface area contributed by atoms with Gasteiger partial charge in [0.1, 0.15) is 0 Å². The van der Waals surface area contributed by atoms with E-state index < -0.39 is 0 Å². The number of nitrogens with one attached hydrogen (secondary N) is 2. The Balaban J connectivity index is -0.000000178. The molecule has 2 heterocycles. The van der Waals surface area contributed by atoms with Crippen LogP contribution in [0.5, 0.6) is 0 Å². The van der Waals surface area contributed by atoms with Crippen LogP contribution in [-0.4, -0.2) is 34.8 Å². The van der Waals surface area contributed by atoms with Crippen molar-refractivity contribution < 1.29 is 16.8 Å². The predicted molar refractivity (Wildman–Crippen MR) is 92.5 cm³/mol. The zero-order valence-electron chi connectivity index (χ0n) is 10.8. The van der Waals surface area contributed by atoms with E-state index in [0.717, 1.165) is 0 Å². The number of rotatable bonds is 0. The summed E-state index contributed by atoms with van der Waals surface area (Å²) in [7, 11) is 0. The predicted octanol–water partition coefficient (Wildman–Crippen LogP) is 0.291. The zero-order valence-corrected chi connectivity index (χ0v) is 15.1. The first-order valence-corrected chi connectivity index (χ1v) is 7.44. The van der Waals surface area contributed by atoms with Gasteiger partial charge in [-0.1, -0.05) is 8.64 Å². The second kappa shape index (κ2) is 21.0. The molecule has 0 atom stereocenters. The van der Waals surface area contributed by atoms with Gasteiger partial charge in [0, 0.05) is 0 Å². The van der Waals surface area contributed by atoms with Crippen molar-refractivity contribution in [1.82, 2.24) is 10.6 Å². The Morgan fingerprint density at radius 2 is 0.895 bits per heavy atom. The van der Waals surface area contributed by atoms with Crippen LogP contribution < -0.4 is 22.1 Å². The van der Waals surface area contributed by atoms with E-state index >= 15 is 0 Å². The smallest absolute Gasteiger partial charge is 0.415 e. The summed E-state index contributed by atoms with van der Waals surface area (Å²) in [5.41, 5.74) is 9.31. The number of hydrogen-bond donors (Lipinski definition) is 4. The second-order valence-corrected chi connectivity index (χ2v) is 5.83. The van der Waals surface area contributed by atoms with E-state index in [9.17, 15) is 0 Å². The number of thiocarbonyl (C=S) groups is 2. The van der Waals surface area contributed by atoms with Crippen LogP contribution in [0, 0.1) is 0 Å². The normalized spacial score (nSPS) is 15.2. The van der Waals surface area contributed by atoms with E-state index in [1.165, 1.54) is 51.9 Å². The minimum atomic E-state index is 0. The number of hydrogen-bond acceptors (Lipinski definition) is 6. The topological polar surface area (TPSA) is 76.1 Å². The van der Waals surface area contributed by atoms with Gasteiger partial charge in [-0.3, -0.25) is 0 Å². The standard InChI is InChI=1S/2C4H9N.2CH3NS2.Co/c2*1-2-4-5-3-1;2*2-1(3)4;/h2*5H,1-4H2;2*(H3,2,3,4);/q;;;;+2/p-2. The molecule has 2 saturated heterocycles. The number of nitrogens with two attached hydrogens (primary N) is 2. The van der Waals surface area contributed by atoms with Gasteiger partial charge in [0.2, 0.25) is 0 Å². The minimum absolute atomic E-state index is 0. The molecule has 9 heteroatoms. The summed E-state index contributed by atoms with van der Waals surface area (Å²) in [6.45, 7) is 5.00. The Morgan fingerprint density at radius 3 is 0.947 bits per heavy atom. The third-order valence-electron chi connectivity index (χ3n) is 1.91. The quantitative estimate of drug-likeness (QED) is 0.350. The largest absolute Gasteiger partial charge is 2.00 e. The Morgan fingerprint density at radius 1 is 0.737 bits per heavy atom. The van der Waals surface area contributed by atoms with Crippen molar-refractivity contribution in [1.29, 1.82) is 0 Å². The van der Waals surface area contributed by atoms with Crippen molar-refractivity contribution in [3.63, 3.8) is 0 Å². The van der Waals surface area contributed by atoms with Crippen molar-refractivity contribution in [2.45, 2.75) is 25.7 Å². The first-order valence-electron chi connectivity index (χ1n) is 5.81. The molecule has 115 valence electrons. The van der Waals surface area contributed by atoms with Crippen LogP contribution in [0.15, 0.2) is 0 Å². The van der Waals surface area contributed by atoms with Crippen LogP contribution in [0.3, 0.4) is 0 Å². The van der Waals surface area contributed by atoms with Gasteiger partial charge in [-0.25, -0.2) is 0 Å². The van der Waals surface area contributed by atoms with Crippen LogP contribution in [-0.2, 0) is 42.0 Å². The summed E-state index contributed by atoms with van der Waals surface area (Å²) in [6, 6.07) is 0. The Kier molecular flexibility index (Phi) is 27.2. The van der Waals surface area contributed by atoms with Gasteiger partial charge in [-0.05, 0) is 51.9 Å². The molecule has 2 aliphatic rings. The van der Waals surface area contributed by atoms with E-state index in [-0.39, 0.29) is 25.4 Å². The van der Waals surface area contributed by atoms with Gasteiger partial charge in [-0.2, -0.15) is 0 Å². The monoisotopic (exact) mass is 385 g/mol. The summed E-state index contributed by atoms with van der Waals surface area (Å²) >= 11 is 16.5. The van der Waals surface area contributed by atoms with Crippen LogP contribution in [0.1, 0.15) is 25.7 Å². The van der Waals surface area contributed by atoms with Crippen LogP contribution >= 0.6 is 24.4 Å². The molecule has 1 radical (unpaired) electrons. The van der Waals surface area contributed by atoms with Crippen molar-refractivity contribution in [3.8, 4) is 0 Å². The first-order chi connectivity index (χ1) is 8.46. The van der Waals surface area contributed by atoms with E-state index in [2.05, 4.69) is 71.8 Å². The summed E-state index contributed by atoms with van der Waals surface area (Å²) in [5, 5.41) is 6.44. The summed E-state index contributed by atoms with van der Waals surface area (Å²) in [4.78, 5) is 0. The maximum atomic E-state index is 4.66. The third-order valence-corrected chi connectivity index (χ3v) is 1.91. The molecule has 4 nitrogen and oxygen atoms in total. The molecule has 0 aromatic heterocycles. The minimum Gasteiger partial charge on any atom is -0.415 e. The van der Waals surface area contributed by atoms with Gasteiger partial charge < -0.3 is 71.8 Å². The molecule has 2 fully saturated rings. The Bertz CT molecular complexity index is 166. The van der Waals surface area contributed by atoms with E-state index in [0.29, 0.717) is 0 Å². The fraction of sp³-hybridized carbons (Fsp3) is 0.800. The SMILES string of the molecule is C1CCNC1.C1CCNC1.NC(=S)[S-].NC(=S)[S-].[Co+2]. The molecule has 0 aromatic carbocycles. The van der Waals surface area contributed by atoms with Crippen molar-refractivity contribution >= 4 is 58.3 Å². The molecule has 0 spiro atoms. The van der Waals surface area contributed by atoms with E-state index in [4.69, 9.17) is 0 Å². The molecule has 0 bridgehead atoms. The fourth-order valence-electron chi connectivity index (χ4n) is 1.25. The van der Waals surface area contributed by atoms with Crippen LogP contribution in [0.4, 0.5) is 0 Å². The molecule has 2 rings (SSSR count). The average Bonchev–Trinajstić information content (AvgIpc) is 2.96. The van der Waals surface area contributed by atoms with Crippen LogP contribution in [0.2, 0.25) is 0 Å². The van der Waals surface area contributed by atoms with E-state index in [1.54, 1.807) is 0 Å². The van der Waals surface area contributed by atoms with Gasteiger partial charge in [0.15, 0.2) is 0 Å². The molecule has 2 aliphatic heterocycles. The van der Waals surface area contributed by atoms with Gasteiger partial charge in [-0.15, -0.1) is 0 Å². The molecular weight excluding hydrogens is 363 g/mol. The molecular formula is C10H22CoN4S4.